The molecule has 1 atom stereocenters. The number of carbonyl (C=O) groups excluding carboxylic acids is 2. The fourth-order valence-corrected chi connectivity index (χ4v) is 1.90. The summed E-state index contributed by atoms with van der Waals surface area (Å²) in [5, 5.41) is 2.67. The molecule has 0 radical (unpaired) electrons. The summed E-state index contributed by atoms with van der Waals surface area (Å²) in [4.78, 5) is 23.1. The molecular weight excluding hydrogens is 310 g/mol. The lowest BCUT2D eigenvalue weighted by atomic mass is 10.0. The Morgan fingerprint density at radius 2 is 1.84 bits per heavy atom. The lowest BCUT2D eigenvalue weighted by Crippen LogP contribution is -2.45. The molecule has 1 rings (SSSR count). The van der Waals surface area contributed by atoms with Crippen LogP contribution in [0, 0.1) is 5.92 Å². The summed E-state index contributed by atoms with van der Waals surface area (Å²) >= 11 is 3.32. The highest BCUT2D eigenvalue weighted by Crippen LogP contribution is 2.15. The van der Waals surface area contributed by atoms with Crippen molar-refractivity contribution in [1.82, 2.24) is 5.32 Å². The third-order valence-electron chi connectivity index (χ3n) is 2.60. The highest BCUT2D eigenvalue weighted by Gasteiger charge is 2.20. The third-order valence-corrected chi connectivity index (χ3v) is 3.13. The van der Waals surface area contributed by atoms with Gasteiger partial charge >= 0.3 is 0 Å². The third kappa shape index (κ3) is 5.42. The first-order valence-electron chi connectivity index (χ1n) is 6.08. The van der Waals surface area contributed by atoms with Crippen molar-refractivity contribution in [2.45, 2.75) is 26.8 Å². The van der Waals surface area contributed by atoms with Gasteiger partial charge in [-0.1, -0.05) is 29.8 Å². The van der Waals surface area contributed by atoms with Crippen LogP contribution in [0.1, 0.15) is 20.8 Å². The molecule has 0 fully saturated rings. The van der Waals surface area contributed by atoms with Crippen molar-refractivity contribution in [2.75, 3.05) is 6.61 Å². The number of amides is 1. The second-order valence-electron chi connectivity index (χ2n) is 4.64. The molecule has 1 aromatic rings. The van der Waals surface area contributed by atoms with E-state index in [0.717, 1.165) is 4.47 Å². The summed E-state index contributed by atoms with van der Waals surface area (Å²) < 4.78 is 6.28. The highest BCUT2D eigenvalue weighted by atomic mass is 79.9. The van der Waals surface area contributed by atoms with Crippen molar-refractivity contribution in [3.63, 3.8) is 0 Å². The first-order valence-corrected chi connectivity index (χ1v) is 6.87. The summed E-state index contributed by atoms with van der Waals surface area (Å²) in [6.45, 7) is 5.16. The second-order valence-corrected chi connectivity index (χ2v) is 5.56. The highest BCUT2D eigenvalue weighted by molar-refractivity contribution is 9.10. The van der Waals surface area contributed by atoms with Gasteiger partial charge in [-0.25, -0.2) is 0 Å². The minimum atomic E-state index is -0.457. The molecule has 0 bridgehead atoms. The van der Waals surface area contributed by atoms with Crippen LogP contribution >= 0.6 is 15.9 Å². The minimum absolute atomic E-state index is 0.0491. The Balaban J connectivity index is 2.47. The Kier molecular flexibility index (Phi) is 6.02. The first-order chi connectivity index (χ1) is 8.90. The normalized spacial score (nSPS) is 12.1. The van der Waals surface area contributed by atoms with Crippen LogP contribution in [0.3, 0.4) is 0 Å². The topological polar surface area (TPSA) is 55.4 Å². The zero-order valence-corrected chi connectivity index (χ0v) is 12.9. The number of hydrogen-bond acceptors (Lipinski definition) is 3. The largest absolute Gasteiger partial charge is 0.484 e. The zero-order valence-electron chi connectivity index (χ0n) is 11.3. The van der Waals surface area contributed by atoms with Crippen molar-refractivity contribution < 1.29 is 14.3 Å². The number of rotatable bonds is 6. The van der Waals surface area contributed by atoms with Gasteiger partial charge in [0.15, 0.2) is 12.4 Å². The summed E-state index contributed by atoms with van der Waals surface area (Å²) in [5.41, 5.74) is 0. The molecule has 0 spiro atoms. The van der Waals surface area contributed by atoms with Gasteiger partial charge in [0.1, 0.15) is 5.75 Å². The van der Waals surface area contributed by atoms with Crippen molar-refractivity contribution >= 4 is 27.6 Å². The summed E-state index contributed by atoms with van der Waals surface area (Å²) in [6, 6.07) is 6.74. The van der Waals surface area contributed by atoms with Crippen LogP contribution in [0.2, 0.25) is 0 Å². The van der Waals surface area contributed by atoms with Crippen molar-refractivity contribution in [3.8, 4) is 5.75 Å². The Hall–Kier alpha value is -1.36. The van der Waals surface area contributed by atoms with E-state index in [1.54, 1.807) is 12.1 Å². The van der Waals surface area contributed by atoms with Gasteiger partial charge in [0.05, 0.1) is 6.04 Å². The predicted molar refractivity (Wildman–Crippen MR) is 77.1 cm³/mol. The van der Waals surface area contributed by atoms with Crippen LogP contribution in [0.15, 0.2) is 28.7 Å². The van der Waals surface area contributed by atoms with Gasteiger partial charge in [0.2, 0.25) is 0 Å². The molecular formula is C14H18BrNO3. The van der Waals surface area contributed by atoms with Crippen LogP contribution in [-0.4, -0.2) is 24.3 Å². The molecule has 19 heavy (non-hydrogen) atoms. The molecule has 5 heteroatoms. The number of hydrogen-bond donors (Lipinski definition) is 1. The molecule has 1 N–H and O–H groups in total. The van der Waals surface area contributed by atoms with Crippen LogP contribution < -0.4 is 10.1 Å². The van der Waals surface area contributed by atoms with E-state index in [1.165, 1.54) is 6.92 Å². The quantitative estimate of drug-likeness (QED) is 0.873. The summed E-state index contributed by atoms with van der Waals surface area (Å²) in [6.07, 6.45) is 0. The van der Waals surface area contributed by atoms with E-state index in [1.807, 2.05) is 26.0 Å². The van der Waals surface area contributed by atoms with Crippen molar-refractivity contribution in [2.24, 2.45) is 5.92 Å². The molecule has 1 unspecified atom stereocenters. The number of ether oxygens (including phenoxy) is 1. The number of nitrogens with one attached hydrogen (secondary N) is 1. The van der Waals surface area contributed by atoms with Gasteiger partial charge in [0, 0.05) is 4.47 Å². The van der Waals surface area contributed by atoms with E-state index < -0.39 is 6.04 Å². The molecule has 0 heterocycles. The number of carbonyl (C=O) groups is 2. The maximum atomic E-state index is 11.7. The van der Waals surface area contributed by atoms with Crippen LogP contribution in [0.5, 0.6) is 5.75 Å². The number of halogens is 1. The maximum Gasteiger partial charge on any atom is 0.258 e. The molecule has 0 aromatic heterocycles. The lowest BCUT2D eigenvalue weighted by Gasteiger charge is -2.19. The molecule has 4 nitrogen and oxygen atoms in total. The average Bonchev–Trinajstić information content (AvgIpc) is 2.34. The Morgan fingerprint density at radius 1 is 1.26 bits per heavy atom. The Labute approximate surface area is 121 Å². The second kappa shape index (κ2) is 7.28. The van der Waals surface area contributed by atoms with Crippen LogP contribution in [0.25, 0.3) is 0 Å². The summed E-state index contributed by atoms with van der Waals surface area (Å²) in [5.74, 6) is 0.334. The van der Waals surface area contributed by atoms with Gasteiger partial charge in [-0.05, 0) is 37.1 Å². The number of benzene rings is 1. The average molecular weight is 328 g/mol. The number of ketones is 1. The van der Waals surface area contributed by atoms with Crippen LogP contribution in [0.4, 0.5) is 0 Å². The lowest BCUT2D eigenvalue weighted by molar-refractivity contribution is -0.129. The minimum Gasteiger partial charge on any atom is -0.484 e. The molecule has 0 saturated carbocycles. The molecule has 104 valence electrons. The van der Waals surface area contributed by atoms with E-state index in [2.05, 4.69) is 21.2 Å². The molecule has 1 aromatic carbocycles. The van der Waals surface area contributed by atoms with Gasteiger partial charge in [0.25, 0.3) is 5.91 Å². The van der Waals surface area contributed by atoms with Gasteiger partial charge < -0.3 is 10.1 Å². The fraction of sp³-hybridized carbons (Fsp3) is 0.429. The molecule has 0 saturated heterocycles. The monoisotopic (exact) mass is 327 g/mol. The molecule has 0 aliphatic rings. The Bertz CT molecular complexity index is 443. The fourth-order valence-electron chi connectivity index (χ4n) is 1.63. The SMILES string of the molecule is CC(=O)C(NC(=O)COc1ccc(Br)cc1)C(C)C. The van der Waals surface area contributed by atoms with E-state index in [4.69, 9.17) is 4.74 Å². The number of Topliss-reactive ketones (excluding diaryl/α,β-unsaturated/α-hetero) is 1. The van der Waals surface area contributed by atoms with E-state index in [0.29, 0.717) is 5.75 Å². The summed E-state index contributed by atoms with van der Waals surface area (Å²) in [7, 11) is 0. The first kappa shape index (κ1) is 15.7. The smallest absolute Gasteiger partial charge is 0.258 e. The van der Waals surface area contributed by atoms with Gasteiger partial charge in [-0.3, -0.25) is 9.59 Å². The maximum absolute atomic E-state index is 11.7. The van der Waals surface area contributed by atoms with Crippen molar-refractivity contribution in [3.05, 3.63) is 28.7 Å². The van der Waals surface area contributed by atoms with E-state index >= 15 is 0 Å². The van der Waals surface area contributed by atoms with Gasteiger partial charge in [-0.2, -0.15) is 0 Å². The van der Waals surface area contributed by atoms with Crippen LogP contribution in [-0.2, 0) is 9.59 Å². The standard InChI is InChI=1S/C14H18BrNO3/c1-9(2)14(10(3)17)16-13(18)8-19-12-6-4-11(15)5-7-12/h4-7,9,14H,8H2,1-3H3,(H,16,18). The predicted octanol–water partition coefficient (Wildman–Crippen LogP) is 2.56. The van der Waals surface area contributed by atoms with Gasteiger partial charge in [-0.15, -0.1) is 0 Å². The van der Waals surface area contributed by atoms with E-state index in [-0.39, 0.29) is 24.2 Å². The Morgan fingerprint density at radius 3 is 2.32 bits per heavy atom. The van der Waals surface area contributed by atoms with Crippen molar-refractivity contribution in [1.29, 1.82) is 0 Å². The van der Waals surface area contributed by atoms with E-state index in [9.17, 15) is 9.59 Å². The molecule has 0 aliphatic carbocycles. The molecule has 0 aliphatic heterocycles. The zero-order chi connectivity index (χ0) is 14.4. The molecule has 1 amide bonds.